The van der Waals surface area contributed by atoms with E-state index < -0.39 is 5.97 Å². The van der Waals surface area contributed by atoms with Crippen molar-refractivity contribution in [2.45, 2.75) is 32.1 Å². The molecule has 0 bridgehead atoms. The molecule has 0 spiro atoms. The van der Waals surface area contributed by atoms with Gasteiger partial charge in [-0.1, -0.05) is 6.92 Å². The topological polar surface area (TPSA) is 37.3 Å². The molecular weight excluding hydrogens is 184 g/mol. The Morgan fingerprint density at radius 1 is 1.69 bits per heavy atom. The zero-order valence-corrected chi connectivity index (χ0v) is 8.36. The molecule has 70 valence electrons. The van der Waals surface area contributed by atoms with Crippen LogP contribution < -0.4 is 0 Å². The number of carbonyl (C=O) groups is 1. The van der Waals surface area contributed by atoms with Crippen molar-refractivity contribution in [3.05, 3.63) is 21.4 Å². The fourth-order valence-electron chi connectivity index (χ4n) is 1.88. The minimum absolute atomic E-state index is 0.499. The van der Waals surface area contributed by atoms with Gasteiger partial charge in [0.05, 0.1) is 0 Å². The maximum absolute atomic E-state index is 10.7. The number of aryl methyl sites for hydroxylation is 1. The lowest BCUT2D eigenvalue weighted by atomic mass is 9.89. The predicted octanol–water partition coefficient (Wildman–Crippen LogP) is 2.89. The van der Waals surface area contributed by atoms with Crippen molar-refractivity contribution in [2.24, 2.45) is 0 Å². The van der Waals surface area contributed by atoms with Crippen LogP contribution in [0.4, 0.5) is 0 Å². The molecule has 0 amide bonds. The number of carboxylic acid groups (broad SMARTS) is 1. The average Bonchev–Trinajstić information content (AvgIpc) is 2.49. The van der Waals surface area contributed by atoms with Crippen LogP contribution in [0.2, 0.25) is 0 Å². The molecule has 1 aliphatic carbocycles. The first kappa shape index (κ1) is 8.75. The normalized spacial score (nSPS) is 21.2. The van der Waals surface area contributed by atoms with Crippen LogP contribution in [-0.4, -0.2) is 11.1 Å². The summed E-state index contributed by atoms with van der Waals surface area (Å²) in [5.41, 5.74) is 1.27. The van der Waals surface area contributed by atoms with Gasteiger partial charge in [0.15, 0.2) is 0 Å². The van der Waals surface area contributed by atoms with E-state index in [0.29, 0.717) is 10.8 Å². The monoisotopic (exact) mass is 196 g/mol. The Kier molecular flexibility index (Phi) is 2.12. The van der Waals surface area contributed by atoms with Crippen LogP contribution in [0.1, 0.15) is 45.8 Å². The summed E-state index contributed by atoms with van der Waals surface area (Å²) in [5, 5.41) is 8.83. The number of hydrogen-bond donors (Lipinski definition) is 1. The summed E-state index contributed by atoms with van der Waals surface area (Å²) in [6.45, 7) is 2.18. The highest BCUT2D eigenvalue weighted by Crippen LogP contribution is 2.36. The van der Waals surface area contributed by atoms with Crippen molar-refractivity contribution in [3.63, 3.8) is 0 Å². The second-order valence-corrected chi connectivity index (χ2v) is 4.72. The molecule has 3 heteroatoms. The Morgan fingerprint density at radius 3 is 3.08 bits per heavy atom. The van der Waals surface area contributed by atoms with Gasteiger partial charge in [0.25, 0.3) is 0 Å². The maximum Gasteiger partial charge on any atom is 0.345 e. The highest BCUT2D eigenvalue weighted by molar-refractivity contribution is 7.14. The molecule has 1 aromatic rings. The second kappa shape index (κ2) is 3.14. The largest absolute Gasteiger partial charge is 0.477 e. The van der Waals surface area contributed by atoms with Crippen LogP contribution in [0.5, 0.6) is 0 Å². The number of fused-ring (bicyclic) bond motifs is 1. The molecule has 0 aliphatic heterocycles. The van der Waals surface area contributed by atoms with Gasteiger partial charge in [-0.3, -0.25) is 0 Å². The van der Waals surface area contributed by atoms with Crippen LogP contribution in [-0.2, 0) is 6.42 Å². The summed E-state index contributed by atoms with van der Waals surface area (Å²) < 4.78 is 0. The van der Waals surface area contributed by atoms with Gasteiger partial charge in [-0.15, -0.1) is 11.3 Å². The van der Waals surface area contributed by atoms with Gasteiger partial charge in [0.1, 0.15) is 4.88 Å². The molecule has 1 unspecified atom stereocenters. The molecule has 0 fully saturated rings. The molecule has 1 heterocycles. The van der Waals surface area contributed by atoms with E-state index in [1.807, 2.05) is 6.07 Å². The molecular formula is C10H12O2S. The van der Waals surface area contributed by atoms with Crippen LogP contribution in [0.15, 0.2) is 6.07 Å². The van der Waals surface area contributed by atoms with Crippen molar-refractivity contribution < 1.29 is 9.90 Å². The van der Waals surface area contributed by atoms with E-state index in [2.05, 4.69) is 6.92 Å². The first-order valence-electron chi connectivity index (χ1n) is 4.54. The third kappa shape index (κ3) is 1.48. The Balaban J connectivity index is 2.42. The van der Waals surface area contributed by atoms with Gasteiger partial charge in [-0.05, 0) is 36.8 Å². The number of rotatable bonds is 1. The Hall–Kier alpha value is -0.830. The highest BCUT2D eigenvalue weighted by Gasteiger charge is 2.21. The molecule has 1 N–H and O–H groups in total. The molecule has 0 saturated heterocycles. The van der Waals surface area contributed by atoms with Gasteiger partial charge in [-0.25, -0.2) is 4.79 Å². The maximum atomic E-state index is 10.7. The Morgan fingerprint density at radius 2 is 2.46 bits per heavy atom. The van der Waals surface area contributed by atoms with Gasteiger partial charge < -0.3 is 5.11 Å². The lowest BCUT2D eigenvalue weighted by Crippen LogP contribution is -2.02. The molecule has 1 aliphatic rings. The van der Waals surface area contributed by atoms with Crippen molar-refractivity contribution in [2.75, 3.05) is 0 Å². The standard InChI is InChI=1S/C10H12O2S/c1-6-3-2-4-8-7(6)5-9(13-8)10(11)12/h5-6H,2-4H2,1H3,(H,11,12). The second-order valence-electron chi connectivity index (χ2n) is 3.59. The fraction of sp³-hybridized carbons (Fsp3) is 0.500. The van der Waals surface area contributed by atoms with E-state index in [1.165, 1.54) is 34.6 Å². The van der Waals surface area contributed by atoms with Gasteiger partial charge in [0, 0.05) is 4.88 Å². The molecule has 0 saturated carbocycles. The van der Waals surface area contributed by atoms with Crippen LogP contribution in [0.3, 0.4) is 0 Å². The number of thiophene rings is 1. The zero-order chi connectivity index (χ0) is 9.42. The number of aromatic carboxylic acids is 1. The van der Waals surface area contributed by atoms with Crippen molar-refractivity contribution in [3.8, 4) is 0 Å². The summed E-state index contributed by atoms with van der Waals surface area (Å²) in [4.78, 5) is 12.5. The molecule has 0 aromatic carbocycles. The van der Waals surface area contributed by atoms with Crippen LogP contribution in [0.25, 0.3) is 0 Å². The molecule has 1 aromatic heterocycles. The zero-order valence-electron chi connectivity index (χ0n) is 7.54. The van der Waals surface area contributed by atoms with E-state index in [-0.39, 0.29) is 0 Å². The molecule has 1 atom stereocenters. The van der Waals surface area contributed by atoms with E-state index in [9.17, 15) is 4.79 Å². The lowest BCUT2D eigenvalue weighted by molar-refractivity contribution is 0.0702. The van der Waals surface area contributed by atoms with Gasteiger partial charge in [-0.2, -0.15) is 0 Å². The van der Waals surface area contributed by atoms with Crippen LogP contribution >= 0.6 is 11.3 Å². The third-order valence-electron chi connectivity index (χ3n) is 2.62. The Labute approximate surface area is 81.2 Å². The highest BCUT2D eigenvalue weighted by atomic mass is 32.1. The quantitative estimate of drug-likeness (QED) is 0.749. The summed E-state index contributed by atoms with van der Waals surface area (Å²) >= 11 is 1.45. The third-order valence-corrected chi connectivity index (χ3v) is 3.82. The molecule has 2 nitrogen and oxygen atoms in total. The van der Waals surface area contributed by atoms with Crippen molar-refractivity contribution >= 4 is 17.3 Å². The minimum Gasteiger partial charge on any atom is -0.477 e. The van der Waals surface area contributed by atoms with Crippen LogP contribution in [0, 0.1) is 0 Å². The first-order valence-corrected chi connectivity index (χ1v) is 5.36. The van der Waals surface area contributed by atoms with E-state index in [1.54, 1.807) is 0 Å². The fourth-order valence-corrected chi connectivity index (χ4v) is 3.05. The van der Waals surface area contributed by atoms with Crippen molar-refractivity contribution in [1.29, 1.82) is 0 Å². The average molecular weight is 196 g/mol. The summed E-state index contributed by atoms with van der Waals surface area (Å²) in [7, 11) is 0. The smallest absolute Gasteiger partial charge is 0.345 e. The van der Waals surface area contributed by atoms with Gasteiger partial charge in [0.2, 0.25) is 0 Å². The Bertz CT molecular complexity index is 341. The molecule has 13 heavy (non-hydrogen) atoms. The summed E-state index contributed by atoms with van der Waals surface area (Å²) in [6.07, 6.45) is 3.47. The van der Waals surface area contributed by atoms with E-state index in [4.69, 9.17) is 5.11 Å². The molecule has 2 rings (SSSR count). The minimum atomic E-state index is -0.786. The molecule has 0 radical (unpaired) electrons. The number of hydrogen-bond acceptors (Lipinski definition) is 2. The summed E-state index contributed by atoms with van der Waals surface area (Å²) in [5.74, 6) is -0.236. The summed E-state index contributed by atoms with van der Waals surface area (Å²) in [6, 6.07) is 1.85. The number of carboxylic acids is 1. The predicted molar refractivity (Wildman–Crippen MR) is 52.6 cm³/mol. The van der Waals surface area contributed by atoms with Gasteiger partial charge >= 0.3 is 5.97 Å². The van der Waals surface area contributed by atoms with E-state index >= 15 is 0 Å². The lowest BCUT2D eigenvalue weighted by Gasteiger charge is -2.17. The SMILES string of the molecule is CC1CCCc2sc(C(=O)O)cc21. The van der Waals surface area contributed by atoms with E-state index in [0.717, 1.165) is 6.42 Å². The first-order chi connectivity index (χ1) is 6.18. The van der Waals surface area contributed by atoms with Crippen molar-refractivity contribution in [1.82, 2.24) is 0 Å².